The molecule has 1 heterocycles. The minimum atomic E-state index is -5.15. The molecule has 0 radical (unpaired) electrons. The molecular weight excluding hydrogens is 444 g/mol. The number of hydrogen-bond donors (Lipinski definition) is 0. The SMILES string of the molecule is COC(=O)c1ccc2c(OC)cc(-c3c(OC)cc(C(F)(F)F)cc3C(F)(F)F)nc2c1. The molecule has 1 aromatic heterocycles. The van der Waals surface area contributed by atoms with Crippen molar-refractivity contribution in [1.82, 2.24) is 4.98 Å². The number of carbonyl (C=O) groups excluding carboxylic acids is 1. The quantitative estimate of drug-likeness (QED) is 0.368. The zero-order valence-electron chi connectivity index (χ0n) is 16.8. The second-order valence-corrected chi connectivity index (χ2v) is 6.53. The number of alkyl halides is 6. The molecule has 0 aliphatic rings. The fraction of sp³-hybridized carbons (Fsp3) is 0.238. The van der Waals surface area contributed by atoms with Crippen molar-refractivity contribution in [2.24, 2.45) is 0 Å². The van der Waals surface area contributed by atoms with Crippen LogP contribution < -0.4 is 9.47 Å². The Hall–Kier alpha value is -3.50. The van der Waals surface area contributed by atoms with Gasteiger partial charge in [0.15, 0.2) is 0 Å². The highest BCUT2D eigenvalue weighted by Crippen LogP contribution is 2.46. The Morgan fingerprint density at radius 3 is 2.03 bits per heavy atom. The van der Waals surface area contributed by atoms with Crippen LogP contribution in [0.3, 0.4) is 0 Å². The van der Waals surface area contributed by atoms with E-state index in [2.05, 4.69) is 9.72 Å². The van der Waals surface area contributed by atoms with Crippen molar-refractivity contribution < 1.29 is 45.3 Å². The fourth-order valence-electron chi connectivity index (χ4n) is 3.17. The number of esters is 1. The lowest BCUT2D eigenvalue weighted by atomic mass is 9.97. The topological polar surface area (TPSA) is 57.7 Å². The molecule has 3 rings (SSSR count). The van der Waals surface area contributed by atoms with Crippen LogP contribution in [0.15, 0.2) is 36.4 Å². The predicted molar refractivity (Wildman–Crippen MR) is 102 cm³/mol. The maximum Gasteiger partial charge on any atom is 0.417 e. The van der Waals surface area contributed by atoms with Crippen molar-refractivity contribution in [1.29, 1.82) is 0 Å². The average molecular weight is 459 g/mol. The third-order valence-corrected chi connectivity index (χ3v) is 4.62. The number of halogens is 6. The van der Waals surface area contributed by atoms with Gasteiger partial charge in [-0.1, -0.05) is 0 Å². The van der Waals surface area contributed by atoms with Crippen LogP contribution in [0.1, 0.15) is 21.5 Å². The molecule has 32 heavy (non-hydrogen) atoms. The van der Waals surface area contributed by atoms with E-state index in [1.54, 1.807) is 0 Å². The highest BCUT2D eigenvalue weighted by molar-refractivity contribution is 5.97. The van der Waals surface area contributed by atoms with Gasteiger partial charge in [-0.05, 0) is 30.3 Å². The van der Waals surface area contributed by atoms with Crippen LogP contribution in [-0.2, 0) is 17.1 Å². The summed E-state index contributed by atoms with van der Waals surface area (Å²) >= 11 is 0. The van der Waals surface area contributed by atoms with E-state index in [1.165, 1.54) is 25.3 Å². The van der Waals surface area contributed by atoms with Crippen molar-refractivity contribution >= 4 is 16.9 Å². The van der Waals surface area contributed by atoms with Gasteiger partial charge in [-0.2, -0.15) is 26.3 Å². The summed E-state index contributed by atoms with van der Waals surface area (Å²) in [6, 6.07) is 5.77. The second-order valence-electron chi connectivity index (χ2n) is 6.53. The molecule has 0 aliphatic heterocycles. The van der Waals surface area contributed by atoms with Crippen molar-refractivity contribution in [3.8, 4) is 22.8 Å². The summed E-state index contributed by atoms with van der Waals surface area (Å²) in [5.41, 5.74) is -4.02. The molecular formula is C21H15F6NO4. The second kappa shape index (κ2) is 8.21. The summed E-state index contributed by atoms with van der Waals surface area (Å²) in [5.74, 6) is -1.29. The van der Waals surface area contributed by atoms with E-state index in [9.17, 15) is 31.1 Å². The van der Waals surface area contributed by atoms with Crippen molar-refractivity contribution in [2.45, 2.75) is 12.4 Å². The minimum absolute atomic E-state index is 0.00107. The third kappa shape index (κ3) is 4.27. The van der Waals surface area contributed by atoms with Crippen LogP contribution in [0.25, 0.3) is 22.2 Å². The van der Waals surface area contributed by atoms with E-state index >= 15 is 0 Å². The highest BCUT2D eigenvalue weighted by atomic mass is 19.4. The summed E-state index contributed by atoms with van der Waals surface area (Å²) < 4.78 is 95.7. The molecule has 0 bridgehead atoms. The molecule has 0 aliphatic carbocycles. The van der Waals surface area contributed by atoms with Crippen LogP contribution >= 0.6 is 0 Å². The van der Waals surface area contributed by atoms with Gasteiger partial charge >= 0.3 is 18.3 Å². The standard InChI is InChI=1S/C21H15F6NO4/c1-30-16-9-15(28-14-6-10(19(29)32-3)4-5-12(14)16)18-13(21(25,26)27)7-11(20(22,23)24)8-17(18)31-2/h4-9H,1-3H3. The minimum Gasteiger partial charge on any atom is -0.496 e. The largest absolute Gasteiger partial charge is 0.496 e. The number of aromatic nitrogens is 1. The Kier molecular flexibility index (Phi) is 5.94. The van der Waals surface area contributed by atoms with Gasteiger partial charge in [-0.25, -0.2) is 9.78 Å². The lowest BCUT2D eigenvalue weighted by Gasteiger charge is -2.20. The van der Waals surface area contributed by atoms with Crippen molar-refractivity contribution in [2.75, 3.05) is 21.3 Å². The molecule has 3 aromatic rings. The maximum atomic E-state index is 13.8. The zero-order valence-corrected chi connectivity index (χ0v) is 16.8. The number of methoxy groups -OCH3 is 3. The van der Waals surface area contributed by atoms with Crippen LogP contribution in [0.5, 0.6) is 11.5 Å². The number of nitrogens with zero attached hydrogens (tertiary/aromatic N) is 1. The van der Waals surface area contributed by atoms with E-state index in [0.717, 1.165) is 20.3 Å². The summed E-state index contributed by atoms with van der Waals surface area (Å²) in [7, 11) is 3.37. The van der Waals surface area contributed by atoms with Crippen LogP contribution in [0.4, 0.5) is 26.3 Å². The van der Waals surface area contributed by atoms with Gasteiger partial charge in [-0.15, -0.1) is 0 Å². The molecule has 0 atom stereocenters. The van der Waals surface area contributed by atoms with Gasteiger partial charge in [-0.3, -0.25) is 0 Å². The molecule has 170 valence electrons. The van der Waals surface area contributed by atoms with Crippen LogP contribution in [0, 0.1) is 0 Å². The van der Waals surface area contributed by atoms with Gasteiger partial charge in [0.1, 0.15) is 11.5 Å². The molecule has 0 saturated heterocycles. The first kappa shape index (κ1) is 23.2. The Morgan fingerprint density at radius 2 is 1.50 bits per heavy atom. The Balaban J connectivity index is 2.39. The van der Waals surface area contributed by atoms with Crippen LogP contribution in [0.2, 0.25) is 0 Å². The summed E-state index contributed by atoms with van der Waals surface area (Å²) in [5, 5.41) is 0.364. The number of pyridine rings is 1. The lowest BCUT2D eigenvalue weighted by molar-refractivity contribution is -0.142. The molecule has 11 heteroatoms. The van der Waals surface area contributed by atoms with Gasteiger partial charge in [0.05, 0.1) is 54.8 Å². The average Bonchev–Trinajstić information content (AvgIpc) is 2.74. The number of benzene rings is 2. The summed E-state index contributed by atoms with van der Waals surface area (Å²) in [6.07, 6.45) is -10.2. The molecule has 0 amide bonds. The normalized spacial score (nSPS) is 12.0. The molecule has 2 aromatic carbocycles. The first-order chi connectivity index (χ1) is 14.9. The molecule has 0 saturated carbocycles. The molecule has 0 unspecified atom stereocenters. The monoisotopic (exact) mass is 459 g/mol. The molecule has 5 nitrogen and oxygen atoms in total. The summed E-state index contributed by atoms with van der Waals surface area (Å²) in [4.78, 5) is 16.0. The first-order valence-corrected chi connectivity index (χ1v) is 8.84. The Labute approximate surface area is 177 Å². The molecule has 0 spiro atoms. The van der Waals surface area contributed by atoms with Gasteiger partial charge in [0, 0.05) is 11.5 Å². The Bertz CT molecular complexity index is 1190. The maximum absolute atomic E-state index is 13.8. The summed E-state index contributed by atoms with van der Waals surface area (Å²) in [6.45, 7) is 0. The molecule has 0 N–H and O–H groups in total. The van der Waals surface area contributed by atoms with Crippen molar-refractivity contribution in [3.63, 3.8) is 0 Å². The predicted octanol–water partition coefficient (Wildman–Crippen LogP) is 5.74. The van der Waals surface area contributed by atoms with Crippen LogP contribution in [-0.4, -0.2) is 32.3 Å². The lowest BCUT2D eigenvalue weighted by Crippen LogP contribution is -2.13. The Morgan fingerprint density at radius 1 is 0.844 bits per heavy atom. The van der Waals surface area contributed by atoms with Gasteiger partial charge < -0.3 is 14.2 Å². The number of hydrogen-bond acceptors (Lipinski definition) is 5. The van der Waals surface area contributed by atoms with E-state index in [4.69, 9.17) is 9.47 Å². The first-order valence-electron chi connectivity index (χ1n) is 8.84. The van der Waals surface area contributed by atoms with Gasteiger partial charge in [0.25, 0.3) is 0 Å². The third-order valence-electron chi connectivity index (χ3n) is 4.62. The van der Waals surface area contributed by atoms with Gasteiger partial charge in [0.2, 0.25) is 0 Å². The highest BCUT2D eigenvalue weighted by Gasteiger charge is 2.40. The van der Waals surface area contributed by atoms with E-state index < -0.39 is 40.8 Å². The number of rotatable bonds is 4. The molecule has 0 fully saturated rings. The smallest absolute Gasteiger partial charge is 0.417 e. The number of carbonyl (C=O) groups is 1. The number of ether oxygens (including phenoxy) is 3. The van der Waals surface area contributed by atoms with E-state index in [-0.39, 0.29) is 28.6 Å². The van der Waals surface area contributed by atoms with E-state index in [1.807, 2.05) is 0 Å². The zero-order chi connectivity index (χ0) is 23.8. The van der Waals surface area contributed by atoms with Crippen molar-refractivity contribution in [3.05, 3.63) is 53.1 Å². The number of fused-ring (bicyclic) bond motifs is 1. The fourth-order valence-corrected chi connectivity index (χ4v) is 3.17. The van der Waals surface area contributed by atoms with E-state index in [0.29, 0.717) is 11.5 Å².